The molecule has 32 heavy (non-hydrogen) atoms. The van der Waals surface area contributed by atoms with Gasteiger partial charge in [0.2, 0.25) is 0 Å². The Morgan fingerprint density at radius 2 is 1.75 bits per heavy atom. The third-order valence-corrected chi connectivity index (χ3v) is 6.69. The predicted octanol–water partition coefficient (Wildman–Crippen LogP) is 5.19. The fraction of sp³-hybridized carbons (Fsp3) is 0.375. The van der Waals surface area contributed by atoms with Gasteiger partial charge in [0.25, 0.3) is 0 Å². The molecule has 0 amide bonds. The third-order valence-electron chi connectivity index (χ3n) is 4.38. The van der Waals surface area contributed by atoms with Gasteiger partial charge in [0.05, 0.1) is 21.8 Å². The Kier molecular flexibility index (Phi) is 7.97. The van der Waals surface area contributed by atoms with E-state index in [9.17, 15) is 22.7 Å². The number of ether oxygens (including phenoxy) is 1. The van der Waals surface area contributed by atoms with E-state index in [1.807, 2.05) is 0 Å². The van der Waals surface area contributed by atoms with E-state index in [1.165, 1.54) is 30.3 Å². The standard InChI is InChI=1S/C24H26ClFO5S/c1-15(2)14-32(29,30)19-9-10-20(26)16(13-19)6-7-17-12-18(25)8-11-21(17)31-22(23(27)28)24(3,4)5/h8-13,15,22H,14H2,1-5H3,(H,27,28). The Labute approximate surface area is 193 Å². The van der Waals surface area contributed by atoms with E-state index in [2.05, 4.69) is 11.8 Å². The van der Waals surface area contributed by atoms with Crippen LogP contribution < -0.4 is 4.74 Å². The molecule has 1 atom stereocenters. The lowest BCUT2D eigenvalue weighted by Crippen LogP contribution is -2.39. The number of carboxylic acids is 1. The molecule has 0 bridgehead atoms. The molecule has 0 aromatic heterocycles. The molecule has 0 aliphatic carbocycles. The van der Waals surface area contributed by atoms with E-state index in [1.54, 1.807) is 34.6 Å². The Morgan fingerprint density at radius 1 is 1.12 bits per heavy atom. The van der Waals surface area contributed by atoms with Gasteiger partial charge in [-0.15, -0.1) is 0 Å². The Balaban J connectivity index is 2.50. The molecule has 0 saturated heterocycles. The number of halogens is 2. The summed E-state index contributed by atoms with van der Waals surface area (Å²) in [6.45, 7) is 8.75. The first-order valence-corrected chi connectivity index (χ1v) is 12.0. The van der Waals surface area contributed by atoms with Crippen molar-refractivity contribution in [2.75, 3.05) is 5.75 Å². The zero-order valence-corrected chi connectivity index (χ0v) is 20.1. The van der Waals surface area contributed by atoms with E-state index in [4.69, 9.17) is 16.3 Å². The molecule has 0 heterocycles. The van der Waals surface area contributed by atoms with Crippen LogP contribution in [-0.4, -0.2) is 31.4 Å². The van der Waals surface area contributed by atoms with Crippen molar-refractivity contribution >= 4 is 27.4 Å². The Bertz CT molecular complexity index is 1170. The van der Waals surface area contributed by atoms with Crippen LogP contribution in [0.5, 0.6) is 5.75 Å². The molecule has 0 saturated carbocycles. The van der Waals surface area contributed by atoms with Gasteiger partial charge in [-0.3, -0.25) is 0 Å². The summed E-state index contributed by atoms with van der Waals surface area (Å²) in [5.41, 5.74) is -0.560. The average molecular weight is 481 g/mol. The average Bonchev–Trinajstić information content (AvgIpc) is 2.64. The van der Waals surface area contributed by atoms with Crippen LogP contribution >= 0.6 is 11.6 Å². The lowest BCUT2D eigenvalue weighted by molar-refractivity contribution is -0.150. The van der Waals surface area contributed by atoms with Crippen LogP contribution in [0.2, 0.25) is 5.02 Å². The molecule has 0 aliphatic rings. The smallest absolute Gasteiger partial charge is 0.345 e. The van der Waals surface area contributed by atoms with Crippen LogP contribution in [0.15, 0.2) is 41.3 Å². The van der Waals surface area contributed by atoms with Gasteiger partial charge in [-0.05, 0) is 42.3 Å². The number of rotatable bonds is 6. The van der Waals surface area contributed by atoms with Crippen molar-refractivity contribution in [1.82, 2.24) is 0 Å². The summed E-state index contributed by atoms with van der Waals surface area (Å²) >= 11 is 6.06. The molecule has 0 aliphatic heterocycles. The van der Waals surface area contributed by atoms with E-state index in [0.717, 1.165) is 6.07 Å². The first kappa shape index (κ1) is 25.7. The topological polar surface area (TPSA) is 80.7 Å². The number of hydrogen-bond acceptors (Lipinski definition) is 4. The summed E-state index contributed by atoms with van der Waals surface area (Å²) in [6.07, 6.45) is -1.16. The Hall–Kier alpha value is -2.56. The van der Waals surface area contributed by atoms with Crippen LogP contribution in [0.4, 0.5) is 4.39 Å². The molecule has 0 spiro atoms. The molecule has 0 radical (unpaired) electrons. The molecule has 0 fully saturated rings. The maximum Gasteiger partial charge on any atom is 0.345 e. The molecule has 5 nitrogen and oxygen atoms in total. The summed E-state index contributed by atoms with van der Waals surface area (Å²) in [5.74, 6) is 3.57. The first-order chi connectivity index (χ1) is 14.7. The van der Waals surface area contributed by atoms with Crippen LogP contribution in [0, 0.1) is 29.0 Å². The van der Waals surface area contributed by atoms with Crippen molar-refractivity contribution in [2.45, 2.75) is 45.6 Å². The van der Waals surface area contributed by atoms with Gasteiger partial charge in [-0.2, -0.15) is 0 Å². The monoisotopic (exact) mass is 480 g/mol. The van der Waals surface area contributed by atoms with Crippen LogP contribution in [-0.2, 0) is 14.6 Å². The second-order valence-electron chi connectivity index (χ2n) is 8.91. The molecule has 2 aromatic carbocycles. The number of sulfone groups is 1. The van der Waals surface area contributed by atoms with Crippen molar-refractivity contribution in [3.63, 3.8) is 0 Å². The van der Waals surface area contributed by atoms with E-state index < -0.39 is 33.1 Å². The summed E-state index contributed by atoms with van der Waals surface area (Å²) in [5, 5.41) is 9.87. The maximum atomic E-state index is 14.3. The van der Waals surface area contributed by atoms with E-state index in [0.29, 0.717) is 5.02 Å². The number of aliphatic carboxylic acids is 1. The fourth-order valence-corrected chi connectivity index (χ4v) is 4.71. The molecule has 8 heteroatoms. The zero-order valence-electron chi connectivity index (χ0n) is 18.6. The van der Waals surface area contributed by atoms with E-state index >= 15 is 0 Å². The zero-order chi connectivity index (χ0) is 24.3. The van der Waals surface area contributed by atoms with Crippen molar-refractivity contribution in [1.29, 1.82) is 0 Å². The first-order valence-electron chi connectivity index (χ1n) is 9.94. The second-order valence-corrected chi connectivity index (χ2v) is 11.4. The molecule has 1 N–H and O–H groups in total. The van der Waals surface area contributed by atoms with Gasteiger partial charge >= 0.3 is 5.97 Å². The highest BCUT2D eigenvalue weighted by molar-refractivity contribution is 7.91. The minimum Gasteiger partial charge on any atom is -0.478 e. The number of carbonyl (C=O) groups is 1. The largest absolute Gasteiger partial charge is 0.478 e. The minimum absolute atomic E-state index is 0.0156. The molecule has 172 valence electrons. The van der Waals surface area contributed by atoms with Crippen LogP contribution in [0.1, 0.15) is 45.7 Å². The van der Waals surface area contributed by atoms with Gasteiger partial charge in [0.1, 0.15) is 11.6 Å². The van der Waals surface area contributed by atoms with Gasteiger partial charge in [0, 0.05) is 10.4 Å². The highest BCUT2D eigenvalue weighted by Gasteiger charge is 2.33. The SMILES string of the molecule is CC(C)CS(=O)(=O)c1ccc(F)c(C#Cc2cc(Cl)ccc2OC(C(=O)O)C(C)(C)C)c1. The lowest BCUT2D eigenvalue weighted by atomic mass is 9.89. The van der Waals surface area contributed by atoms with Crippen molar-refractivity contribution < 1.29 is 27.4 Å². The fourth-order valence-electron chi connectivity index (χ4n) is 2.89. The maximum absolute atomic E-state index is 14.3. The van der Waals surface area contributed by atoms with Crippen molar-refractivity contribution in [3.8, 4) is 17.6 Å². The normalized spacial score (nSPS) is 12.8. The van der Waals surface area contributed by atoms with E-state index in [-0.39, 0.29) is 33.4 Å². The highest BCUT2D eigenvalue weighted by Crippen LogP contribution is 2.29. The summed E-state index contributed by atoms with van der Waals surface area (Å²) in [7, 11) is -3.58. The number of benzene rings is 2. The number of hydrogen-bond donors (Lipinski definition) is 1. The number of carboxylic acid groups (broad SMARTS) is 1. The van der Waals surface area contributed by atoms with Crippen LogP contribution in [0.3, 0.4) is 0 Å². The van der Waals surface area contributed by atoms with Crippen LogP contribution in [0.25, 0.3) is 0 Å². The second kappa shape index (κ2) is 9.93. The van der Waals surface area contributed by atoms with Gasteiger partial charge < -0.3 is 9.84 Å². The predicted molar refractivity (Wildman–Crippen MR) is 122 cm³/mol. The molecule has 1 unspecified atom stereocenters. The molecule has 2 rings (SSSR count). The quantitative estimate of drug-likeness (QED) is 0.454. The van der Waals surface area contributed by atoms with Gasteiger partial charge in [-0.1, -0.05) is 58.1 Å². The molecular weight excluding hydrogens is 455 g/mol. The summed E-state index contributed by atoms with van der Waals surface area (Å²) in [6, 6.07) is 7.97. The van der Waals surface area contributed by atoms with Crippen molar-refractivity contribution in [3.05, 3.63) is 58.4 Å². The highest BCUT2D eigenvalue weighted by atomic mass is 35.5. The lowest BCUT2D eigenvalue weighted by Gasteiger charge is -2.28. The molecule has 2 aromatic rings. The Morgan fingerprint density at radius 3 is 2.31 bits per heavy atom. The summed E-state index contributed by atoms with van der Waals surface area (Å²) < 4.78 is 45.0. The molecular formula is C24H26ClFO5S. The van der Waals surface area contributed by atoms with Crippen molar-refractivity contribution in [2.24, 2.45) is 11.3 Å². The minimum atomic E-state index is -3.58. The van der Waals surface area contributed by atoms with Gasteiger partial charge in [-0.25, -0.2) is 17.6 Å². The summed E-state index contributed by atoms with van der Waals surface area (Å²) in [4.78, 5) is 11.7. The third kappa shape index (κ3) is 6.72. The van der Waals surface area contributed by atoms with Gasteiger partial charge in [0.15, 0.2) is 15.9 Å².